The van der Waals surface area contributed by atoms with Gasteiger partial charge in [-0.15, -0.1) is 0 Å². The van der Waals surface area contributed by atoms with E-state index in [0.717, 1.165) is 5.56 Å². The Morgan fingerprint density at radius 2 is 1.12 bits per heavy atom. The molecule has 6 N–H and O–H groups in total. The number of carbonyl (C=O) groups is 8. The van der Waals surface area contributed by atoms with Gasteiger partial charge in [-0.25, -0.2) is 0 Å². The fourth-order valence-electron chi connectivity index (χ4n) is 10.7. The van der Waals surface area contributed by atoms with E-state index >= 15 is 24.0 Å². The summed E-state index contributed by atoms with van der Waals surface area (Å²) in [6.07, 6.45) is -1.61. The Morgan fingerprint density at radius 1 is 0.613 bits per heavy atom. The van der Waals surface area contributed by atoms with Crippen molar-refractivity contribution in [2.75, 3.05) is 40.9 Å². The van der Waals surface area contributed by atoms with Gasteiger partial charge in [-0.1, -0.05) is 161 Å². The lowest BCUT2D eigenvalue weighted by Crippen LogP contribution is -2.62. The van der Waals surface area contributed by atoms with Crippen LogP contribution in [0.25, 0.3) is 0 Å². The summed E-state index contributed by atoms with van der Waals surface area (Å²) in [4.78, 5) is 125. The first kappa shape index (κ1) is 79.7. The summed E-state index contributed by atoms with van der Waals surface area (Å²) in [5.41, 5.74) is 1.50. The van der Waals surface area contributed by atoms with Crippen LogP contribution < -0.4 is 26.6 Å². The molecular formula is C68H111N9O12S2Si2. The number of ether oxygens (including phenoxy) is 1. The zero-order valence-corrected chi connectivity index (χ0v) is 62.9. The number of hydrogen-bond donors (Lipinski definition) is 6. The molecule has 2 fully saturated rings. The molecule has 0 aliphatic carbocycles. The normalized spacial score (nSPS) is 26.4. The Bertz CT molecular complexity index is 2910. The topological polar surface area (TPSA) is 258 Å². The third-order valence-electron chi connectivity index (χ3n) is 19.1. The fraction of sp³-hybridized carbons (Fsp3) is 0.676. The van der Waals surface area contributed by atoms with Crippen molar-refractivity contribution in [2.45, 2.75) is 238 Å². The summed E-state index contributed by atoms with van der Waals surface area (Å²) < 4.78 is 19.6. The number of fused-ring (bicyclic) bond motifs is 1. The Labute approximate surface area is 567 Å². The van der Waals surface area contributed by atoms with E-state index in [1.165, 1.54) is 47.5 Å². The number of aliphatic hydroxyl groups is 1. The van der Waals surface area contributed by atoms with Crippen LogP contribution in [0.4, 0.5) is 0 Å². The van der Waals surface area contributed by atoms with Gasteiger partial charge in [-0.2, -0.15) is 0 Å². The third-order valence-corrected chi connectivity index (χ3v) is 28.9. The first-order valence-electron chi connectivity index (χ1n) is 32.9. The second-order valence-corrected chi connectivity index (χ2v) is 39.7. The van der Waals surface area contributed by atoms with Gasteiger partial charge < -0.3 is 64.9 Å². The molecule has 2 aliphatic heterocycles. The van der Waals surface area contributed by atoms with Gasteiger partial charge >= 0.3 is 5.97 Å². The Morgan fingerprint density at radius 3 is 1.61 bits per heavy atom. The van der Waals surface area contributed by atoms with Crippen molar-refractivity contribution in [3.8, 4) is 0 Å². The van der Waals surface area contributed by atoms with E-state index in [1.54, 1.807) is 52.1 Å². The fourth-order valence-corrected chi connectivity index (χ4v) is 13.5. The average Bonchev–Trinajstić information content (AvgIpc) is 1.79. The number of nitrogens with zero attached hydrogens (tertiary/aromatic N) is 4. The molecule has 0 aromatic heterocycles. The zero-order valence-electron chi connectivity index (χ0n) is 59.3. The highest BCUT2D eigenvalue weighted by molar-refractivity contribution is 7.80. The molecule has 4 rings (SSSR count). The summed E-state index contributed by atoms with van der Waals surface area (Å²) in [6.45, 7) is 34.2. The largest absolute Gasteiger partial charge is 0.452 e. The van der Waals surface area contributed by atoms with Gasteiger partial charge in [-0.3, -0.25) is 38.4 Å². The molecule has 0 radical (unpaired) electrons. The number of hydrogen-bond acceptors (Lipinski definition) is 14. The van der Waals surface area contributed by atoms with Crippen LogP contribution in [0, 0.1) is 17.8 Å². The number of thiocarbonyl (C=S) groups is 2. The zero-order chi connectivity index (χ0) is 70.4. The van der Waals surface area contributed by atoms with Crippen molar-refractivity contribution in [3.63, 3.8) is 0 Å². The molecule has 21 nitrogen and oxygen atoms in total. The lowest BCUT2D eigenvalue weighted by molar-refractivity contribution is -0.166. The number of esters is 1. The lowest BCUT2D eigenvalue weighted by atomic mass is 9.98. The number of nitrogens with one attached hydrogen (secondary N) is 5. The molecule has 2 aliphatic rings. The van der Waals surface area contributed by atoms with Crippen molar-refractivity contribution in [1.82, 2.24) is 46.2 Å². The summed E-state index contributed by atoms with van der Waals surface area (Å²) in [7, 11) is -0.554. The van der Waals surface area contributed by atoms with Crippen LogP contribution in [0.2, 0.25) is 36.3 Å². The molecule has 93 heavy (non-hydrogen) atoms. The molecule has 0 saturated carbocycles. The van der Waals surface area contributed by atoms with Crippen LogP contribution in [0.15, 0.2) is 60.7 Å². The first-order chi connectivity index (χ1) is 43.1. The maximum absolute atomic E-state index is 15.4. The molecule has 2 aromatic rings. The second kappa shape index (κ2) is 34.3. The van der Waals surface area contributed by atoms with Crippen LogP contribution in [0.3, 0.4) is 0 Å². The number of cyclic esters (lactones) is 1. The maximum atomic E-state index is 15.4. The Hall–Kier alpha value is -5.71. The third kappa shape index (κ3) is 21.6. The molecule has 2 saturated heterocycles. The highest BCUT2D eigenvalue weighted by atomic mass is 32.1. The number of carbonyl (C=O) groups excluding carboxylic acids is 8. The molecule has 2 aromatic carbocycles. The van der Waals surface area contributed by atoms with Crippen molar-refractivity contribution in [1.29, 1.82) is 0 Å². The SMILES string of the molecule is CC[C@H]1NC(=O)[C@H](CO[Si](C)(C)C(C)(C)C)NC(=S)[C@@H](Cc2ccccc2)N(C)C(=O)[C@@H]2CCCN2C(=O)[C@H](C(C)C)N(C)C(=O)[C@H](Cc2ccccc2)OC(=O)[C@H](C)[C@@H](C)NC(=O)[C@@H]([C@@H](C)O)NC(=O)[C@@H](CC(C)C)N(C)C(=O)[C@H](CO[Si](C)(C)C(C)(C)C)NC1=S. The molecule has 0 spiro atoms. The predicted molar refractivity (Wildman–Crippen MR) is 377 cm³/mol. The highest BCUT2D eigenvalue weighted by Crippen LogP contribution is 2.38. The number of benzene rings is 2. The molecule has 0 unspecified atom stereocenters. The van der Waals surface area contributed by atoms with E-state index in [1.807, 2.05) is 70.3 Å². The van der Waals surface area contributed by atoms with Gasteiger partial charge in [0.15, 0.2) is 22.7 Å². The summed E-state index contributed by atoms with van der Waals surface area (Å²) >= 11 is 12.5. The monoisotopic (exact) mass is 1370 g/mol. The van der Waals surface area contributed by atoms with E-state index in [9.17, 15) is 19.5 Å². The van der Waals surface area contributed by atoms with Crippen LogP contribution in [0.1, 0.15) is 134 Å². The van der Waals surface area contributed by atoms with Crippen molar-refractivity contribution in [3.05, 3.63) is 71.8 Å². The molecule has 7 amide bonds. The number of aliphatic hydroxyl groups excluding tert-OH is 1. The molecule has 12 atom stereocenters. The van der Waals surface area contributed by atoms with E-state index in [4.69, 9.17) is 38.0 Å². The minimum atomic E-state index is -2.58. The number of rotatable bonds is 15. The predicted octanol–water partition coefficient (Wildman–Crippen LogP) is 7.09. The highest BCUT2D eigenvalue weighted by Gasteiger charge is 2.47. The average molecular weight is 1370 g/mol. The van der Waals surface area contributed by atoms with E-state index in [0.29, 0.717) is 18.4 Å². The molecule has 520 valence electrons. The Kier molecular flexibility index (Phi) is 29.4. The summed E-state index contributed by atoms with van der Waals surface area (Å²) in [5.74, 6) is -6.88. The van der Waals surface area contributed by atoms with Crippen molar-refractivity contribution < 1.29 is 57.1 Å². The van der Waals surface area contributed by atoms with Gasteiger partial charge in [0, 0.05) is 40.2 Å². The van der Waals surface area contributed by atoms with Crippen LogP contribution in [-0.2, 0) is 64.8 Å². The van der Waals surface area contributed by atoms with Crippen molar-refractivity contribution >= 4 is 98.4 Å². The molecule has 2 heterocycles. The standard InChI is InChI=1S/C68H111N9O12S2Si2/c1-22-48-60(90)72-50(40-88-93(20,21)68(12,13)14)62(82)74(15)52(36-41(2)3)58(80)73-55(45(8)78)59(81)69-44(7)43(6)66(86)89-54(38-47-32-27-24-28-33-47)64(84)76(17)56(42(4)5)65(85)77-35-29-34-51(77)63(83)75(16)53(37-46-30-25-23-26-31-46)61(91)71-49(57(79)70-48)39-87-92(18,19)67(9,10)11/h23-28,30-33,41-45,48-56,78H,22,29,34-40H2,1-21H3,(H,69,81)(H,70,79)(H,71,91)(H,72,90)(H,73,80)/t43-,44-,45-,48-,49+,50+,51+,52-,53-,54+,55-,56+/m1/s1. The maximum Gasteiger partial charge on any atom is 0.311 e. The first-order valence-corrected chi connectivity index (χ1v) is 39.6. The van der Waals surface area contributed by atoms with Gasteiger partial charge in [0.2, 0.25) is 35.4 Å². The smallest absolute Gasteiger partial charge is 0.311 e. The van der Waals surface area contributed by atoms with Crippen LogP contribution in [-0.4, -0.2) is 206 Å². The molecule has 0 bridgehead atoms. The van der Waals surface area contributed by atoms with Crippen molar-refractivity contribution in [2.24, 2.45) is 17.8 Å². The van der Waals surface area contributed by atoms with Gasteiger partial charge in [-0.05, 0) is 112 Å². The quantitative estimate of drug-likeness (QED) is 0.0591. The number of amides is 7. The minimum Gasteiger partial charge on any atom is -0.452 e. The van der Waals surface area contributed by atoms with E-state index in [-0.39, 0.29) is 71.4 Å². The second-order valence-electron chi connectivity index (χ2n) is 29.2. The Balaban J connectivity index is 1.96. The van der Waals surface area contributed by atoms with Gasteiger partial charge in [0.1, 0.15) is 36.3 Å². The van der Waals surface area contributed by atoms with Crippen LogP contribution in [0.5, 0.6) is 0 Å². The van der Waals surface area contributed by atoms with E-state index < -0.39 is 142 Å². The number of likely N-dealkylation sites (N-methyl/N-ethyl adjacent to an activating group) is 3. The minimum absolute atomic E-state index is 0.0729. The van der Waals surface area contributed by atoms with E-state index in [2.05, 4.69) is 81.2 Å². The molecular weight excluding hydrogens is 1260 g/mol. The lowest BCUT2D eigenvalue weighted by Gasteiger charge is -2.39. The van der Waals surface area contributed by atoms with Gasteiger partial charge in [0.05, 0.1) is 47.3 Å². The summed E-state index contributed by atoms with van der Waals surface area (Å²) in [6, 6.07) is 8.45. The summed E-state index contributed by atoms with van der Waals surface area (Å²) in [5, 5.41) is 25.8. The van der Waals surface area contributed by atoms with Crippen LogP contribution >= 0.6 is 24.4 Å². The molecule has 25 heteroatoms. The van der Waals surface area contributed by atoms with Gasteiger partial charge in [0.25, 0.3) is 5.91 Å².